The van der Waals surface area contributed by atoms with Crippen molar-refractivity contribution < 1.29 is 14.1 Å². The number of carbonyl (C=O) groups is 2. The van der Waals surface area contributed by atoms with Crippen LogP contribution < -0.4 is 5.32 Å². The van der Waals surface area contributed by atoms with Crippen molar-refractivity contribution in [3.63, 3.8) is 0 Å². The van der Waals surface area contributed by atoms with Gasteiger partial charge in [0.25, 0.3) is 5.91 Å². The van der Waals surface area contributed by atoms with Crippen molar-refractivity contribution in [1.29, 1.82) is 0 Å². The molecule has 1 saturated heterocycles. The predicted molar refractivity (Wildman–Crippen MR) is 119 cm³/mol. The summed E-state index contributed by atoms with van der Waals surface area (Å²) in [6.45, 7) is 4.64. The smallest absolute Gasteiger partial charge is 0.264 e. The molecule has 1 aliphatic heterocycles. The zero-order chi connectivity index (χ0) is 21.4. The molecule has 0 spiro atoms. The van der Waals surface area contributed by atoms with Crippen molar-refractivity contribution in [2.24, 2.45) is 0 Å². The van der Waals surface area contributed by atoms with Gasteiger partial charge >= 0.3 is 0 Å². The summed E-state index contributed by atoms with van der Waals surface area (Å²) in [4.78, 5) is 31.4. The van der Waals surface area contributed by atoms with Crippen LogP contribution in [0.4, 0.5) is 5.82 Å². The van der Waals surface area contributed by atoms with Crippen molar-refractivity contribution in [3.8, 4) is 10.4 Å². The molecule has 31 heavy (non-hydrogen) atoms. The molecule has 3 heterocycles. The molecule has 5 rings (SSSR count). The summed E-state index contributed by atoms with van der Waals surface area (Å²) in [6, 6.07) is 12.2. The van der Waals surface area contributed by atoms with E-state index in [9.17, 15) is 9.59 Å². The minimum atomic E-state index is -0.127. The first-order valence-corrected chi connectivity index (χ1v) is 11.3. The van der Waals surface area contributed by atoms with Gasteiger partial charge in [0.05, 0.1) is 11.4 Å². The summed E-state index contributed by atoms with van der Waals surface area (Å²) in [7, 11) is 0. The molecular weight excluding hydrogens is 412 g/mol. The van der Waals surface area contributed by atoms with Crippen molar-refractivity contribution in [1.82, 2.24) is 15.0 Å². The van der Waals surface area contributed by atoms with E-state index in [1.807, 2.05) is 4.90 Å². The molecule has 3 aromatic rings. The Balaban J connectivity index is 1.18. The largest absolute Gasteiger partial charge is 0.360 e. The van der Waals surface area contributed by atoms with Crippen LogP contribution in [-0.4, -0.2) is 59.5 Å². The number of rotatable bonds is 4. The molecule has 160 valence electrons. The number of anilines is 1. The topological polar surface area (TPSA) is 78.7 Å². The number of carbonyl (C=O) groups excluding carboxylic acids is 2. The maximum absolute atomic E-state index is 13.1. The number of thiophene rings is 1. The molecule has 1 aliphatic carbocycles. The van der Waals surface area contributed by atoms with E-state index in [2.05, 4.69) is 45.7 Å². The van der Waals surface area contributed by atoms with Gasteiger partial charge in [-0.25, -0.2) is 0 Å². The fraction of sp³-hybridized carbons (Fsp3) is 0.348. The van der Waals surface area contributed by atoms with Crippen LogP contribution in [0.5, 0.6) is 0 Å². The van der Waals surface area contributed by atoms with Crippen molar-refractivity contribution in [2.45, 2.75) is 19.8 Å². The lowest BCUT2D eigenvalue weighted by Gasteiger charge is -2.34. The molecule has 2 aromatic heterocycles. The van der Waals surface area contributed by atoms with Gasteiger partial charge in [0, 0.05) is 37.1 Å². The van der Waals surface area contributed by atoms with E-state index >= 15 is 0 Å². The Labute approximate surface area is 184 Å². The van der Waals surface area contributed by atoms with E-state index in [-0.39, 0.29) is 18.4 Å². The van der Waals surface area contributed by atoms with Crippen LogP contribution in [0.15, 0.2) is 40.9 Å². The summed E-state index contributed by atoms with van der Waals surface area (Å²) >= 11 is 1.61. The highest BCUT2D eigenvalue weighted by molar-refractivity contribution is 7.17. The second-order valence-corrected chi connectivity index (χ2v) is 9.11. The maximum Gasteiger partial charge on any atom is 0.264 e. The Morgan fingerprint density at radius 3 is 2.65 bits per heavy atom. The molecule has 8 heteroatoms. The van der Waals surface area contributed by atoms with Crippen LogP contribution >= 0.6 is 11.3 Å². The van der Waals surface area contributed by atoms with Gasteiger partial charge in [-0.1, -0.05) is 29.4 Å². The molecule has 2 aliphatic rings. The SMILES string of the molecule is Cc1cc(NC(=O)CN2CCN(C(=O)c3cc4c(s3)-c3ccccc3CC4)CC2)no1. The third-order valence-corrected chi connectivity index (χ3v) is 7.07. The average Bonchev–Trinajstić information content (AvgIpc) is 3.40. The van der Waals surface area contributed by atoms with Gasteiger partial charge in [0.15, 0.2) is 5.82 Å². The number of amides is 2. The van der Waals surface area contributed by atoms with Crippen LogP contribution in [0.1, 0.15) is 26.6 Å². The van der Waals surface area contributed by atoms with Gasteiger partial charge in [0.2, 0.25) is 5.91 Å². The normalized spacial score (nSPS) is 16.0. The minimum absolute atomic E-state index is 0.0963. The Bertz CT molecular complexity index is 1130. The number of hydrogen-bond acceptors (Lipinski definition) is 6. The number of benzene rings is 1. The van der Waals surface area contributed by atoms with E-state index in [4.69, 9.17) is 4.52 Å². The third kappa shape index (κ3) is 4.13. The van der Waals surface area contributed by atoms with E-state index in [0.717, 1.165) is 17.7 Å². The van der Waals surface area contributed by atoms with Crippen LogP contribution in [0, 0.1) is 6.92 Å². The first-order valence-electron chi connectivity index (χ1n) is 10.5. The highest BCUT2D eigenvalue weighted by Gasteiger charge is 2.27. The average molecular weight is 437 g/mol. The fourth-order valence-corrected chi connectivity index (χ4v) is 5.49. The lowest BCUT2D eigenvalue weighted by molar-refractivity contribution is -0.117. The highest BCUT2D eigenvalue weighted by atomic mass is 32.1. The first kappa shape index (κ1) is 20.0. The molecule has 2 amide bonds. The van der Waals surface area contributed by atoms with E-state index in [1.165, 1.54) is 21.6 Å². The van der Waals surface area contributed by atoms with Gasteiger partial charge < -0.3 is 14.7 Å². The summed E-state index contributed by atoms with van der Waals surface area (Å²) in [5, 5.41) is 6.52. The fourth-order valence-electron chi connectivity index (χ4n) is 4.25. The molecule has 1 aromatic carbocycles. The second kappa shape index (κ2) is 8.28. The van der Waals surface area contributed by atoms with Gasteiger partial charge in [0.1, 0.15) is 5.76 Å². The van der Waals surface area contributed by atoms with Crippen LogP contribution in [0.25, 0.3) is 10.4 Å². The summed E-state index contributed by atoms with van der Waals surface area (Å²) in [5.41, 5.74) is 3.92. The quantitative estimate of drug-likeness (QED) is 0.680. The number of piperazine rings is 1. The number of nitrogens with one attached hydrogen (secondary N) is 1. The van der Waals surface area contributed by atoms with Crippen LogP contribution in [0.3, 0.4) is 0 Å². The van der Waals surface area contributed by atoms with E-state index < -0.39 is 0 Å². The molecule has 0 atom stereocenters. The number of aryl methyl sites for hydroxylation is 3. The van der Waals surface area contributed by atoms with Gasteiger partial charge in [-0.2, -0.15) is 0 Å². The second-order valence-electron chi connectivity index (χ2n) is 8.06. The predicted octanol–water partition coefficient (Wildman–Crippen LogP) is 3.21. The Morgan fingerprint density at radius 1 is 1.10 bits per heavy atom. The molecule has 0 unspecified atom stereocenters. The van der Waals surface area contributed by atoms with Crippen molar-refractivity contribution in [2.75, 3.05) is 38.0 Å². The number of aromatic nitrogens is 1. The number of hydrogen-bond donors (Lipinski definition) is 1. The van der Waals surface area contributed by atoms with Gasteiger partial charge in [-0.05, 0) is 42.5 Å². The minimum Gasteiger partial charge on any atom is -0.360 e. The number of fused-ring (bicyclic) bond motifs is 3. The number of nitrogens with zero attached hydrogens (tertiary/aromatic N) is 3. The van der Waals surface area contributed by atoms with E-state index in [0.29, 0.717) is 37.8 Å². The molecule has 1 N–H and O–H groups in total. The van der Waals surface area contributed by atoms with Crippen molar-refractivity contribution in [3.05, 3.63) is 58.2 Å². The highest BCUT2D eigenvalue weighted by Crippen LogP contribution is 2.39. The molecule has 7 nitrogen and oxygen atoms in total. The van der Waals surface area contributed by atoms with Crippen LogP contribution in [-0.2, 0) is 17.6 Å². The lowest BCUT2D eigenvalue weighted by Crippen LogP contribution is -2.50. The lowest BCUT2D eigenvalue weighted by atomic mass is 9.91. The Kier molecular flexibility index (Phi) is 5.33. The summed E-state index contributed by atoms with van der Waals surface area (Å²) in [6.07, 6.45) is 2.02. The first-order chi connectivity index (χ1) is 15.1. The van der Waals surface area contributed by atoms with Crippen LogP contribution in [0.2, 0.25) is 0 Å². The van der Waals surface area contributed by atoms with E-state index in [1.54, 1.807) is 24.3 Å². The Hall–Kier alpha value is -2.97. The van der Waals surface area contributed by atoms with Crippen molar-refractivity contribution >= 4 is 29.0 Å². The molecule has 0 saturated carbocycles. The standard InChI is InChI=1S/C23H24N4O3S/c1-15-12-20(25-30-15)24-21(28)14-26-8-10-27(11-9-26)23(29)19-13-17-7-6-16-4-2-3-5-18(16)22(17)31-19/h2-5,12-13H,6-11,14H2,1H3,(H,24,25,28). The zero-order valence-electron chi connectivity index (χ0n) is 17.4. The van der Waals surface area contributed by atoms with Gasteiger partial charge in [-0.15, -0.1) is 11.3 Å². The molecule has 0 radical (unpaired) electrons. The molecule has 0 bridgehead atoms. The maximum atomic E-state index is 13.1. The molecular formula is C23H24N4O3S. The third-order valence-electron chi connectivity index (χ3n) is 5.87. The monoisotopic (exact) mass is 436 g/mol. The van der Waals surface area contributed by atoms with Gasteiger partial charge in [-0.3, -0.25) is 14.5 Å². The molecule has 1 fully saturated rings. The summed E-state index contributed by atoms with van der Waals surface area (Å²) in [5.74, 6) is 1.05. The Morgan fingerprint density at radius 2 is 1.87 bits per heavy atom. The zero-order valence-corrected chi connectivity index (χ0v) is 18.2. The summed E-state index contributed by atoms with van der Waals surface area (Å²) < 4.78 is 4.97.